The van der Waals surface area contributed by atoms with Crippen LogP contribution in [0, 0.1) is 0 Å². The van der Waals surface area contributed by atoms with E-state index in [0.717, 1.165) is 17.1 Å². The van der Waals surface area contributed by atoms with Crippen molar-refractivity contribution in [1.29, 1.82) is 0 Å². The Labute approximate surface area is 122 Å². The second-order valence-electron chi connectivity index (χ2n) is 5.07. The zero-order valence-corrected chi connectivity index (χ0v) is 12.0. The monoisotopic (exact) mass is 283 g/mol. The molecule has 2 heterocycles. The molecule has 0 radical (unpaired) electrons. The molecule has 6 nitrogen and oxygen atoms in total. The number of aliphatic hydroxyl groups excluding tert-OH is 1. The van der Waals surface area contributed by atoms with Gasteiger partial charge in [-0.3, -0.25) is 0 Å². The van der Waals surface area contributed by atoms with Crippen LogP contribution in [0.2, 0.25) is 0 Å². The van der Waals surface area contributed by atoms with Crippen LogP contribution in [0.5, 0.6) is 0 Å². The molecule has 3 rings (SSSR count). The van der Waals surface area contributed by atoms with Crippen LogP contribution in [0.25, 0.3) is 17.0 Å². The molecule has 0 amide bonds. The molecular formula is C15H17N5O. The Balaban J connectivity index is 2.12. The predicted octanol–water partition coefficient (Wildman–Crippen LogP) is 1.61. The summed E-state index contributed by atoms with van der Waals surface area (Å²) < 4.78 is 1.68. The Morgan fingerprint density at radius 1 is 1.29 bits per heavy atom. The molecule has 0 aliphatic heterocycles. The molecule has 6 heteroatoms. The molecule has 2 aromatic heterocycles. The van der Waals surface area contributed by atoms with E-state index in [0.29, 0.717) is 12.3 Å². The summed E-state index contributed by atoms with van der Waals surface area (Å²) in [6.45, 7) is 2.27. The summed E-state index contributed by atoms with van der Waals surface area (Å²) in [5.41, 5.74) is 1.86. The Kier molecular flexibility index (Phi) is 3.53. The van der Waals surface area contributed by atoms with Gasteiger partial charge in [-0.1, -0.05) is 30.3 Å². The standard InChI is InChI=1S/C15H17N5O/c1-11(21)9-19(2)14-8-13(12-6-4-3-5-7-12)18-15-16-10-17-20(14)15/h3-8,10-11,21H,9H2,1-2H3. The van der Waals surface area contributed by atoms with Gasteiger partial charge in [-0.05, 0) is 6.92 Å². The highest BCUT2D eigenvalue weighted by Gasteiger charge is 2.13. The minimum atomic E-state index is -0.429. The van der Waals surface area contributed by atoms with Gasteiger partial charge in [0.05, 0.1) is 11.8 Å². The summed E-state index contributed by atoms with van der Waals surface area (Å²) in [5, 5.41) is 13.8. The fraction of sp³-hybridized carbons (Fsp3) is 0.267. The summed E-state index contributed by atoms with van der Waals surface area (Å²) in [6, 6.07) is 11.9. The number of aliphatic hydroxyl groups is 1. The molecule has 0 spiro atoms. The SMILES string of the molecule is CC(O)CN(C)c1cc(-c2ccccc2)nc2ncnn12. The third kappa shape index (κ3) is 2.71. The van der Waals surface area contributed by atoms with Crippen molar-refractivity contribution in [3.63, 3.8) is 0 Å². The van der Waals surface area contributed by atoms with Crippen LogP contribution in [-0.4, -0.2) is 44.4 Å². The largest absolute Gasteiger partial charge is 0.392 e. The first kappa shape index (κ1) is 13.5. The minimum Gasteiger partial charge on any atom is -0.392 e. The van der Waals surface area contributed by atoms with Crippen molar-refractivity contribution in [2.75, 3.05) is 18.5 Å². The maximum atomic E-state index is 9.59. The minimum absolute atomic E-state index is 0.429. The van der Waals surface area contributed by atoms with Gasteiger partial charge in [-0.2, -0.15) is 14.6 Å². The molecule has 1 N–H and O–H groups in total. The Hall–Kier alpha value is -2.47. The van der Waals surface area contributed by atoms with Crippen molar-refractivity contribution in [3.8, 4) is 11.3 Å². The summed E-state index contributed by atoms with van der Waals surface area (Å²) in [6.07, 6.45) is 1.05. The molecule has 3 aromatic rings. The molecule has 0 aliphatic rings. The molecule has 1 atom stereocenters. The van der Waals surface area contributed by atoms with Gasteiger partial charge in [-0.25, -0.2) is 4.98 Å². The highest BCUT2D eigenvalue weighted by atomic mass is 16.3. The van der Waals surface area contributed by atoms with Crippen molar-refractivity contribution in [3.05, 3.63) is 42.7 Å². The fourth-order valence-electron chi connectivity index (χ4n) is 2.32. The van der Waals surface area contributed by atoms with Crippen LogP contribution in [0.15, 0.2) is 42.7 Å². The number of anilines is 1. The molecule has 0 saturated carbocycles. The van der Waals surface area contributed by atoms with Crippen molar-refractivity contribution < 1.29 is 5.11 Å². The molecule has 21 heavy (non-hydrogen) atoms. The summed E-state index contributed by atoms with van der Waals surface area (Å²) in [5.74, 6) is 1.39. The summed E-state index contributed by atoms with van der Waals surface area (Å²) >= 11 is 0. The van der Waals surface area contributed by atoms with Gasteiger partial charge < -0.3 is 10.0 Å². The average Bonchev–Trinajstić information content (AvgIpc) is 2.94. The number of benzene rings is 1. The number of fused-ring (bicyclic) bond motifs is 1. The van der Waals surface area contributed by atoms with E-state index in [2.05, 4.69) is 15.1 Å². The van der Waals surface area contributed by atoms with Crippen molar-refractivity contribution >= 4 is 11.6 Å². The highest BCUT2D eigenvalue weighted by Crippen LogP contribution is 2.23. The first-order valence-electron chi connectivity index (χ1n) is 6.80. The van der Waals surface area contributed by atoms with Crippen LogP contribution in [0.4, 0.5) is 5.82 Å². The molecule has 108 valence electrons. The molecule has 0 aliphatic carbocycles. The van der Waals surface area contributed by atoms with Gasteiger partial charge in [0.1, 0.15) is 12.1 Å². The normalized spacial score (nSPS) is 12.5. The topological polar surface area (TPSA) is 66.5 Å². The van der Waals surface area contributed by atoms with Gasteiger partial charge in [0.2, 0.25) is 0 Å². The maximum Gasteiger partial charge on any atom is 0.254 e. The zero-order chi connectivity index (χ0) is 14.8. The third-order valence-electron chi connectivity index (χ3n) is 3.23. The number of likely N-dealkylation sites (N-methyl/N-ethyl adjacent to an activating group) is 1. The van der Waals surface area contributed by atoms with Crippen molar-refractivity contribution in [2.45, 2.75) is 13.0 Å². The van der Waals surface area contributed by atoms with E-state index in [-0.39, 0.29) is 0 Å². The van der Waals surface area contributed by atoms with E-state index in [9.17, 15) is 5.11 Å². The van der Waals surface area contributed by atoms with Crippen LogP contribution in [-0.2, 0) is 0 Å². The molecular weight excluding hydrogens is 266 g/mol. The van der Waals surface area contributed by atoms with Gasteiger partial charge in [-0.15, -0.1) is 0 Å². The Bertz CT molecular complexity index is 738. The predicted molar refractivity (Wildman–Crippen MR) is 81.2 cm³/mol. The summed E-state index contributed by atoms with van der Waals surface area (Å²) in [7, 11) is 1.91. The second kappa shape index (κ2) is 5.49. The molecule has 1 aromatic carbocycles. The van der Waals surface area contributed by atoms with Gasteiger partial charge in [0.25, 0.3) is 5.78 Å². The maximum absolute atomic E-state index is 9.59. The number of aromatic nitrogens is 4. The van der Waals surface area contributed by atoms with E-state index in [1.807, 2.05) is 48.3 Å². The lowest BCUT2D eigenvalue weighted by Crippen LogP contribution is -2.28. The smallest absolute Gasteiger partial charge is 0.254 e. The van der Waals surface area contributed by atoms with E-state index >= 15 is 0 Å². The molecule has 1 unspecified atom stereocenters. The van der Waals surface area contributed by atoms with E-state index in [1.54, 1.807) is 11.4 Å². The van der Waals surface area contributed by atoms with Crippen LogP contribution in [0.1, 0.15) is 6.92 Å². The Morgan fingerprint density at radius 3 is 2.76 bits per heavy atom. The van der Waals surface area contributed by atoms with Crippen LogP contribution >= 0.6 is 0 Å². The number of rotatable bonds is 4. The quantitative estimate of drug-likeness (QED) is 0.788. The fourth-order valence-corrected chi connectivity index (χ4v) is 2.32. The lowest BCUT2D eigenvalue weighted by atomic mass is 10.1. The zero-order valence-electron chi connectivity index (χ0n) is 12.0. The van der Waals surface area contributed by atoms with Crippen LogP contribution in [0.3, 0.4) is 0 Å². The number of hydrogen-bond donors (Lipinski definition) is 1. The average molecular weight is 283 g/mol. The van der Waals surface area contributed by atoms with E-state index < -0.39 is 6.10 Å². The number of nitrogens with zero attached hydrogens (tertiary/aromatic N) is 5. The molecule has 0 fully saturated rings. The van der Waals surface area contributed by atoms with E-state index in [4.69, 9.17) is 0 Å². The third-order valence-corrected chi connectivity index (χ3v) is 3.23. The van der Waals surface area contributed by atoms with Crippen molar-refractivity contribution in [1.82, 2.24) is 19.6 Å². The summed E-state index contributed by atoms with van der Waals surface area (Å²) in [4.78, 5) is 10.7. The Morgan fingerprint density at radius 2 is 2.05 bits per heavy atom. The lowest BCUT2D eigenvalue weighted by Gasteiger charge is -2.21. The number of hydrogen-bond acceptors (Lipinski definition) is 5. The van der Waals surface area contributed by atoms with E-state index in [1.165, 1.54) is 6.33 Å². The lowest BCUT2D eigenvalue weighted by molar-refractivity contribution is 0.201. The van der Waals surface area contributed by atoms with Gasteiger partial charge >= 0.3 is 0 Å². The van der Waals surface area contributed by atoms with Crippen LogP contribution < -0.4 is 4.90 Å². The highest BCUT2D eigenvalue weighted by molar-refractivity contribution is 5.65. The van der Waals surface area contributed by atoms with Crippen molar-refractivity contribution in [2.24, 2.45) is 0 Å². The second-order valence-corrected chi connectivity index (χ2v) is 5.07. The first-order valence-corrected chi connectivity index (χ1v) is 6.80. The van der Waals surface area contributed by atoms with Gasteiger partial charge in [0, 0.05) is 25.2 Å². The molecule has 0 bridgehead atoms. The molecule has 0 saturated heterocycles. The first-order chi connectivity index (χ1) is 10.1. The van der Waals surface area contributed by atoms with Gasteiger partial charge in [0.15, 0.2) is 0 Å².